The fraction of sp³-hybridized carbons (Fsp3) is 0.278. The average molecular weight is 415 g/mol. The Morgan fingerprint density at radius 3 is 2.36 bits per heavy atom. The lowest BCUT2D eigenvalue weighted by Crippen LogP contribution is -2.36. The third-order valence-corrected chi connectivity index (χ3v) is 5.52. The molecule has 0 spiro atoms. The second-order valence-electron chi connectivity index (χ2n) is 5.90. The predicted octanol–water partition coefficient (Wildman–Crippen LogP) is 5.54. The SMILES string of the molecule is N#Cc1ccc(N(Cc2c(Cl)cc(Cl)cc2Cl)[C@H]2CCNC2)cc1Cl. The Bertz CT molecular complexity index is 803. The number of nitrogens with one attached hydrogen (secondary N) is 1. The molecule has 1 heterocycles. The number of nitrogens with zero attached hydrogens (tertiary/aromatic N) is 2. The molecule has 0 radical (unpaired) electrons. The van der Waals surface area contributed by atoms with Crippen molar-refractivity contribution in [2.75, 3.05) is 18.0 Å². The van der Waals surface area contributed by atoms with E-state index in [0.29, 0.717) is 32.2 Å². The zero-order valence-corrected chi connectivity index (χ0v) is 16.2. The highest BCUT2D eigenvalue weighted by molar-refractivity contribution is 6.39. The van der Waals surface area contributed by atoms with Crippen LogP contribution in [0.25, 0.3) is 0 Å². The summed E-state index contributed by atoms with van der Waals surface area (Å²) >= 11 is 25.0. The molecule has 2 aromatic carbocycles. The lowest BCUT2D eigenvalue weighted by atomic mass is 10.1. The molecule has 1 aliphatic rings. The smallest absolute Gasteiger partial charge is 0.101 e. The van der Waals surface area contributed by atoms with Crippen LogP contribution in [0.4, 0.5) is 5.69 Å². The van der Waals surface area contributed by atoms with Gasteiger partial charge >= 0.3 is 0 Å². The van der Waals surface area contributed by atoms with Gasteiger partial charge in [-0.15, -0.1) is 0 Å². The Kier molecular flexibility index (Phi) is 5.99. The number of nitriles is 1. The van der Waals surface area contributed by atoms with Crippen LogP contribution >= 0.6 is 46.4 Å². The standard InChI is InChI=1S/C18H15Cl4N3/c19-12-5-17(21)15(18(22)6-12)10-25(14-3-4-24-9-14)13-2-1-11(8-23)16(20)7-13/h1-2,5-7,14,24H,3-4,9-10H2/t14-/m0/s1. The molecule has 0 amide bonds. The monoisotopic (exact) mass is 413 g/mol. The number of anilines is 1. The summed E-state index contributed by atoms with van der Waals surface area (Å²) in [6.07, 6.45) is 1.00. The van der Waals surface area contributed by atoms with Gasteiger partial charge in [0, 0.05) is 45.5 Å². The van der Waals surface area contributed by atoms with E-state index in [1.807, 2.05) is 12.1 Å². The first-order valence-electron chi connectivity index (χ1n) is 7.80. The molecule has 3 rings (SSSR count). The molecule has 1 saturated heterocycles. The first-order valence-corrected chi connectivity index (χ1v) is 9.31. The van der Waals surface area contributed by atoms with Gasteiger partial charge in [-0.2, -0.15) is 5.26 Å². The van der Waals surface area contributed by atoms with E-state index in [-0.39, 0.29) is 6.04 Å². The molecule has 0 bridgehead atoms. The van der Waals surface area contributed by atoms with Crippen molar-refractivity contribution in [2.24, 2.45) is 0 Å². The molecule has 7 heteroatoms. The van der Waals surface area contributed by atoms with Gasteiger partial charge in [0.2, 0.25) is 0 Å². The van der Waals surface area contributed by atoms with Crippen molar-refractivity contribution in [3.8, 4) is 6.07 Å². The second kappa shape index (κ2) is 8.03. The summed E-state index contributed by atoms with van der Waals surface area (Å²) in [6, 6.07) is 11.2. The molecule has 25 heavy (non-hydrogen) atoms. The normalized spacial score (nSPS) is 16.7. The lowest BCUT2D eigenvalue weighted by molar-refractivity contribution is 0.631. The summed E-state index contributed by atoms with van der Waals surface area (Å²) in [4.78, 5) is 2.22. The molecular formula is C18H15Cl4N3. The van der Waals surface area contributed by atoms with E-state index in [2.05, 4.69) is 16.3 Å². The van der Waals surface area contributed by atoms with E-state index in [1.54, 1.807) is 18.2 Å². The quantitative estimate of drug-likeness (QED) is 0.713. The molecule has 130 valence electrons. The highest BCUT2D eigenvalue weighted by atomic mass is 35.5. The number of benzene rings is 2. The Morgan fingerprint density at radius 1 is 1.08 bits per heavy atom. The van der Waals surface area contributed by atoms with E-state index in [9.17, 15) is 0 Å². The van der Waals surface area contributed by atoms with Gasteiger partial charge in [0.05, 0.1) is 10.6 Å². The summed E-state index contributed by atoms with van der Waals surface area (Å²) in [7, 11) is 0. The van der Waals surface area contributed by atoms with Gasteiger partial charge in [-0.05, 0) is 43.3 Å². The summed E-state index contributed by atoms with van der Waals surface area (Å²) in [5.74, 6) is 0. The molecule has 1 atom stereocenters. The lowest BCUT2D eigenvalue weighted by Gasteiger charge is -2.32. The molecule has 3 nitrogen and oxygen atoms in total. The average Bonchev–Trinajstić information content (AvgIpc) is 3.08. The Labute approximate surface area is 167 Å². The van der Waals surface area contributed by atoms with Crippen molar-refractivity contribution in [2.45, 2.75) is 19.0 Å². The van der Waals surface area contributed by atoms with Gasteiger partial charge in [-0.25, -0.2) is 0 Å². The van der Waals surface area contributed by atoms with E-state index < -0.39 is 0 Å². The maximum absolute atomic E-state index is 9.09. The molecule has 0 saturated carbocycles. The molecule has 1 aliphatic heterocycles. The topological polar surface area (TPSA) is 39.1 Å². The van der Waals surface area contributed by atoms with Crippen molar-refractivity contribution >= 4 is 52.1 Å². The highest BCUT2D eigenvalue weighted by Gasteiger charge is 2.25. The van der Waals surface area contributed by atoms with Crippen LogP contribution in [0.1, 0.15) is 17.5 Å². The summed E-state index contributed by atoms with van der Waals surface area (Å²) < 4.78 is 0. The van der Waals surface area contributed by atoms with Gasteiger partial charge < -0.3 is 10.2 Å². The third kappa shape index (κ3) is 4.16. The van der Waals surface area contributed by atoms with Gasteiger partial charge in [-0.1, -0.05) is 46.4 Å². The molecule has 0 aromatic heterocycles. The van der Waals surface area contributed by atoms with E-state index in [0.717, 1.165) is 30.8 Å². The van der Waals surface area contributed by atoms with Crippen molar-refractivity contribution in [1.82, 2.24) is 5.32 Å². The van der Waals surface area contributed by atoms with Crippen LogP contribution in [-0.2, 0) is 6.54 Å². The van der Waals surface area contributed by atoms with Crippen LogP contribution in [0.15, 0.2) is 30.3 Å². The zero-order valence-electron chi connectivity index (χ0n) is 13.2. The fourth-order valence-corrected chi connectivity index (χ4v) is 4.16. The predicted molar refractivity (Wildman–Crippen MR) is 105 cm³/mol. The van der Waals surface area contributed by atoms with Crippen LogP contribution in [0.5, 0.6) is 0 Å². The maximum atomic E-state index is 9.09. The first-order chi connectivity index (χ1) is 12.0. The minimum atomic E-state index is 0.284. The van der Waals surface area contributed by atoms with E-state index in [1.165, 1.54) is 0 Å². The molecule has 1 N–H and O–H groups in total. The number of rotatable bonds is 4. The van der Waals surface area contributed by atoms with E-state index >= 15 is 0 Å². The van der Waals surface area contributed by atoms with Crippen molar-refractivity contribution in [3.05, 3.63) is 61.5 Å². The summed E-state index contributed by atoms with van der Waals surface area (Å²) in [5.41, 5.74) is 2.21. The van der Waals surface area contributed by atoms with Crippen LogP contribution in [-0.4, -0.2) is 19.1 Å². The van der Waals surface area contributed by atoms with Gasteiger partial charge in [-0.3, -0.25) is 0 Å². The van der Waals surface area contributed by atoms with Gasteiger partial charge in [0.15, 0.2) is 0 Å². The maximum Gasteiger partial charge on any atom is 0.101 e. The minimum Gasteiger partial charge on any atom is -0.363 e. The molecular weight excluding hydrogens is 400 g/mol. The van der Waals surface area contributed by atoms with E-state index in [4.69, 9.17) is 51.7 Å². The number of hydrogen-bond acceptors (Lipinski definition) is 3. The minimum absolute atomic E-state index is 0.284. The first kappa shape index (κ1) is 18.6. The molecule has 0 unspecified atom stereocenters. The summed E-state index contributed by atoms with van der Waals surface area (Å²) in [5, 5.41) is 14.5. The second-order valence-corrected chi connectivity index (χ2v) is 7.56. The summed E-state index contributed by atoms with van der Waals surface area (Å²) in [6.45, 7) is 2.34. The largest absolute Gasteiger partial charge is 0.363 e. The van der Waals surface area contributed by atoms with Crippen molar-refractivity contribution in [3.63, 3.8) is 0 Å². The fourth-order valence-electron chi connectivity index (χ4n) is 3.00. The van der Waals surface area contributed by atoms with Crippen LogP contribution in [0.3, 0.4) is 0 Å². The zero-order chi connectivity index (χ0) is 18.0. The van der Waals surface area contributed by atoms with Gasteiger partial charge in [0.25, 0.3) is 0 Å². The molecule has 1 fully saturated rings. The van der Waals surface area contributed by atoms with Gasteiger partial charge in [0.1, 0.15) is 6.07 Å². The van der Waals surface area contributed by atoms with Crippen LogP contribution < -0.4 is 10.2 Å². The van der Waals surface area contributed by atoms with Crippen molar-refractivity contribution in [1.29, 1.82) is 5.26 Å². The Balaban J connectivity index is 1.99. The highest BCUT2D eigenvalue weighted by Crippen LogP contribution is 2.34. The molecule has 0 aliphatic carbocycles. The molecule has 2 aromatic rings. The number of halogens is 4. The van der Waals surface area contributed by atoms with Crippen LogP contribution in [0.2, 0.25) is 20.1 Å². The Morgan fingerprint density at radius 2 is 1.80 bits per heavy atom. The third-order valence-electron chi connectivity index (χ3n) is 4.31. The van der Waals surface area contributed by atoms with Crippen molar-refractivity contribution < 1.29 is 0 Å². The van der Waals surface area contributed by atoms with Crippen LogP contribution in [0, 0.1) is 11.3 Å². The number of hydrogen-bond donors (Lipinski definition) is 1. The Hall–Kier alpha value is -1.15.